The first-order chi connectivity index (χ1) is 14.8. The summed E-state index contributed by atoms with van der Waals surface area (Å²) in [6.45, 7) is 3.91. The SMILES string of the molecule is COC12C(COC(N)=O)C3=C(C(=O)C(C)=C(N4CCN(C=O)CC4)C3=O)N1CC1NC12. The number of amides is 2. The van der Waals surface area contributed by atoms with Crippen molar-refractivity contribution in [2.45, 2.75) is 24.7 Å². The third-order valence-electron chi connectivity index (χ3n) is 7.18. The summed E-state index contributed by atoms with van der Waals surface area (Å²) < 4.78 is 11.1. The topological polar surface area (TPSA) is 144 Å². The largest absolute Gasteiger partial charge is 0.449 e. The molecule has 0 radical (unpaired) electrons. The fourth-order valence-corrected chi connectivity index (χ4v) is 5.71. The molecule has 0 bridgehead atoms. The van der Waals surface area contributed by atoms with Crippen LogP contribution in [0.5, 0.6) is 0 Å². The van der Waals surface area contributed by atoms with E-state index in [2.05, 4.69) is 5.32 Å². The van der Waals surface area contributed by atoms with Crippen molar-refractivity contribution in [3.63, 3.8) is 0 Å². The van der Waals surface area contributed by atoms with Gasteiger partial charge >= 0.3 is 6.09 Å². The Morgan fingerprint density at radius 1 is 1.23 bits per heavy atom. The van der Waals surface area contributed by atoms with Gasteiger partial charge in [-0.2, -0.15) is 0 Å². The first kappa shape index (κ1) is 20.0. The molecule has 11 heteroatoms. The zero-order valence-electron chi connectivity index (χ0n) is 17.4. The van der Waals surface area contributed by atoms with E-state index in [-0.39, 0.29) is 30.3 Å². The van der Waals surface area contributed by atoms with Gasteiger partial charge in [0.15, 0.2) is 5.72 Å². The number of piperazine rings is 2. The molecule has 166 valence electrons. The standard InChI is InChI=1S/C20H25N5O6/c1-10-14(24-5-3-23(9-26)4-6-24)17(28)13-11(8-31-19(21)29)20(30-2)18-12(22-18)7-25(20)15(13)16(10)27/h9,11-12,18,22H,3-8H2,1-2H3,(H2,21,29). The number of carbonyl (C=O) groups is 4. The molecular weight excluding hydrogens is 406 g/mol. The summed E-state index contributed by atoms with van der Waals surface area (Å²) in [6.07, 6.45) is -0.159. The molecule has 0 saturated carbocycles. The molecule has 0 aromatic heterocycles. The minimum absolute atomic E-state index is 0.0786. The quantitative estimate of drug-likeness (QED) is 0.291. The van der Waals surface area contributed by atoms with Gasteiger partial charge in [0.25, 0.3) is 0 Å². The van der Waals surface area contributed by atoms with Crippen molar-refractivity contribution in [2.75, 3.05) is 46.4 Å². The molecule has 0 aromatic carbocycles. The maximum Gasteiger partial charge on any atom is 0.404 e. The molecule has 5 aliphatic rings. The fourth-order valence-electron chi connectivity index (χ4n) is 5.71. The van der Waals surface area contributed by atoms with Crippen molar-refractivity contribution >= 4 is 24.1 Å². The number of fused-ring (bicyclic) bond motifs is 4. The van der Waals surface area contributed by atoms with Gasteiger partial charge in [-0.25, -0.2) is 4.79 Å². The molecule has 2 amide bonds. The van der Waals surface area contributed by atoms with Crippen LogP contribution in [0.1, 0.15) is 6.92 Å². The van der Waals surface area contributed by atoms with E-state index in [9.17, 15) is 19.2 Å². The fraction of sp³-hybridized carbons (Fsp3) is 0.600. The van der Waals surface area contributed by atoms with Crippen molar-refractivity contribution in [1.29, 1.82) is 0 Å². The number of hydrogen-bond acceptors (Lipinski definition) is 9. The number of ether oxygens (including phenoxy) is 2. The molecular formula is C20H25N5O6. The van der Waals surface area contributed by atoms with Crippen molar-refractivity contribution in [3.05, 3.63) is 22.5 Å². The van der Waals surface area contributed by atoms with Crippen LogP contribution < -0.4 is 11.1 Å². The zero-order chi connectivity index (χ0) is 22.1. The number of Topliss-reactive ketones (excluding diaryl/α,β-unsaturated/α-hetero) is 2. The first-order valence-corrected chi connectivity index (χ1v) is 10.3. The van der Waals surface area contributed by atoms with Gasteiger partial charge in [-0.15, -0.1) is 0 Å². The van der Waals surface area contributed by atoms with Crippen LogP contribution in [0.4, 0.5) is 4.79 Å². The van der Waals surface area contributed by atoms with Gasteiger partial charge in [-0.3, -0.25) is 14.4 Å². The number of methoxy groups -OCH3 is 1. The maximum atomic E-state index is 13.8. The van der Waals surface area contributed by atoms with E-state index >= 15 is 0 Å². The van der Waals surface area contributed by atoms with Crippen molar-refractivity contribution < 1.29 is 28.7 Å². The molecule has 31 heavy (non-hydrogen) atoms. The van der Waals surface area contributed by atoms with E-state index in [1.54, 1.807) is 18.9 Å². The van der Waals surface area contributed by atoms with Crippen LogP contribution in [0, 0.1) is 5.92 Å². The highest BCUT2D eigenvalue weighted by Gasteiger charge is 2.72. The zero-order valence-corrected chi connectivity index (χ0v) is 17.4. The lowest BCUT2D eigenvalue weighted by Crippen LogP contribution is -2.55. The maximum absolute atomic E-state index is 13.8. The molecule has 0 spiro atoms. The predicted octanol–water partition coefficient (Wildman–Crippen LogP) is -1.84. The highest BCUT2D eigenvalue weighted by molar-refractivity contribution is 6.25. The van der Waals surface area contributed by atoms with Gasteiger partial charge in [-0.05, 0) is 6.92 Å². The van der Waals surface area contributed by atoms with E-state index in [1.807, 2.05) is 9.80 Å². The normalized spacial score (nSPS) is 34.1. The van der Waals surface area contributed by atoms with E-state index in [0.29, 0.717) is 55.3 Å². The predicted molar refractivity (Wildman–Crippen MR) is 105 cm³/mol. The minimum Gasteiger partial charge on any atom is -0.449 e. The van der Waals surface area contributed by atoms with Gasteiger partial charge in [0, 0.05) is 57.0 Å². The number of allylic oxidation sites excluding steroid dienone is 2. The smallest absolute Gasteiger partial charge is 0.404 e. The lowest BCUT2D eigenvalue weighted by molar-refractivity contribution is -0.137. The number of rotatable bonds is 5. The summed E-state index contributed by atoms with van der Waals surface area (Å²) in [5.41, 5.74) is 5.62. The molecule has 1 aliphatic carbocycles. The van der Waals surface area contributed by atoms with E-state index in [4.69, 9.17) is 15.2 Å². The number of primary amides is 1. The number of nitrogens with zero attached hydrogens (tertiary/aromatic N) is 3. The number of hydrogen-bond donors (Lipinski definition) is 2. The third-order valence-corrected chi connectivity index (χ3v) is 7.18. The summed E-state index contributed by atoms with van der Waals surface area (Å²) in [6, 6.07) is 0.0696. The molecule has 0 aromatic rings. The average molecular weight is 431 g/mol. The van der Waals surface area contributed by atoms with Crippen LogP contribution in [0.15, 0.2) is 22.5 Å². The molecule has 11 nitrogen and oxygen atoms in total. The Morgan fingerprint density at radius 3 is 2.55 bits per heavy atom. The molecule has 4 unspecified atom stereocenters. The van der Waals surface area contributed by atoms with Crippen molar-refractivity contribution in [1.82, 2.24) is 20.0 Å². The first-order valence-electron chi connectivity index (χ1n) is 10.3. The second-order valence-corrected chi connectivity index (χ2v) is 8.52. The second kappa shape index (κ2) is 6.79. The van der Waals surface area contributed by atoms with E-state index in [1.165, 1.54) is 0 Å². The van der Waals surface area contributed by atoms with Crippen molar-refractivity contribution in [2.24, 2.45) is 11.7 Å². The van der Waals surface area contributed by atoms with Crippen LogP contribution in [-0.2, 0) is 23.9 Å². The molecule has 4 aliphatic heterocycles. The Kier molecular flexibility index (Phi) is 4.38. The Balaban J connectivity index is 1.54. The van der Waals surface area contributed by atoms with E-state index in [0.717, 1.165) is 6.41 Å². The van der Waals surface area contributed by atoms with Crippen molar-refractivity contribution in [3.8, 4) is 0 Å². The summed E-state index contributed by atoms with van der Waals surface area (Å²) in [4.78, 5) is 55.1. The Labute approximate surface area is 178 Å². The molecule has 4 heterocycles. The average Bonchev–Trinajstić information content (AvgIpc) is 3.37. The van der Waals surface area contributed by atoms with Crippen LogP contribution >= 0.6 is 0 Å². The lowest BCUT2D eigenvalue weighted by Gasteiger charge is -2.39. The molecule has 3 saturated heterocycles. The number of nitrogens with two attached hydrogens (primary N) is 1. The summed E-state index contributed by atoms with van der Waals surface area (Å²) in [5, 5.41) is 3.34. The Bertz CT molecular complexity index is 952. The van der Waals surface area contributed by atoms with Crippen LogP contribution in [0.2, 0.25) is 0 Å². The molecule has 4 atom stereocenters. The highest BCUT2D eigenvalue weighted by atomic mass is 16.6. The molecule has 5 rings (SSSR count). The van der Waals surface area contributed by atoms with Crippen LogP contribution in [0.25, 0.3) is 0 Å². The molecule has 3 N–H and O–H groups in total. The van der Waals surface area contributed by atoms with Gasteiger partial charge in [-0.1, -0.05) is 0 Å². The molecule has 3 fully saturated rings. The minimum atomic E-state index is -0.984. The summed E-state index contributed by atoms with van der Waals surface area (Å²) in [5.74, 6) is -1.12. The summed E-state index contributed by atoms with van der Waals surface area (Å²) >= 11 is 0. The second-order valence-electron chi connectivity index (χ2n) is 8.52. The Hall–Kier alpha value is -2.92. The van der Waals surface area contributed by atoms with Crippen LogP contribution in [0.3, 0.4) is 0 Å². The number of nitrogens with one attached hydrogen (secondary N) is 1. The number of carbonyl (C=O) groups excluding carboxylic acids is 4. The number of ketones is 2. The Morgan fingerprint density at radius 2 is 1.94 bits per heavy atom. The monoisotopic (exact) mass is 431 g/mol. The van der Waals surface area contributed by atoms with Gasteiger partial charge in [0.2, 0.25) is 18.0 Å². The van der Waals surface area contributed by atoms with Crippen LogP contribution in [-0.4, -0.2) is 103 Å². The highest BCUT2D eigenvalue weighted by Crippen LogP contribution is 2.56. The van der Waals surface area contributed by atoms with Gasteiger partial charge in [0.1, 0.15) is 6.61 Å². The van der Waals surface area contributed by atoms with Gasteiger partial charge in [0.05, 0.1) is 23.4 Å². The summed E-state index contributed by atoms with van der Waals surface area (Å²) in [7, 11) is 1.54. The van der Waals surface area contributed by atoms with E-state index < -0.39 is 17.7 Å². The lowest BCUT2D eigenvalue weighted by atomic mass is 9.82. The third kappa shape index (κ3) is 2.59. The van der Waals surface area contributed by atoms with Gasteiger partial charge < -0.3 is 35.2 Å².